The molecule has 0 atom stereocenters. The Hall–Kier alpha value is -2.97. The molecule has 0 saturated carbocycles. The lowest BCUT2D eigenvalue weighted by molar-refractivity contribution is -1.01. The number of likely N-dealkylation sites (N-methyl/N-ethyl adjacent to an activating group) is 2. The normalized spacial score (nSPS) is 23.0. The molecule has 1 aliphatic rings. The Labute approximate surface area is 190 Å². The van der Waals surface area contributed by atoms with Crippen molar-refractivity contribution in [2.75, 3.05) is 76.8 Å². The van der Waals surface area contributed by atoms with Gasteiger partial charge >= 0.3 is 0 Å². The van der Waals surface area contributed by atoms with Crippen molar-refractivity contribution in [3.63, 3.8) is 0 Å². The van der Waals surface area contributed by atoms with Crippen LogP contribution < -0.4 is 21.5 Å². The Bertz CT molecular complexity index is 955. The molecule has 0 radical (unpaired) electrons. The van der Waals surface area contributed by atoms with Crippen LogP contribution in [0.4, 0.5) is 17.1 Å². The molecule has 0 aromatic heterocycles. The van der Waals surface area contributed by atoms with Gasteiger partial charge in [-0.2, -0.15) is 0 Å². The number of rotatable bonds is 8. The number of carbonyl (C=O) groups is 1. The van der Waals surface area contributed by atoms with Crippen LogP contribution in [0, 0.1) is 6.92 Å². The second kappa shape index (κ2) is 9.67. The van der Waals surface area contributed by atoms with E-state index in [1.54, 1.807) is 24.3 Å². The standard InChI is InChI=1S/C24H35N5O3/c1-18-5-7-20(16-22(18)30)27-24(31)17-29(3)12-10-28(2,11-13-29)9-4-14-32-23-8-6-19(25)15-21(23)26/h5-8,15-16H,4,9-14,17,25-26H2,1-3H3/p+2. The Kier molecular flexibility index (Phi) is 7.16. The zero-order chi connectivity index (χ0) is 23.4. The maximum absolute atomic E-state index is 12.6. The highest BCUT2D eigenvalue weighted by atomic mass is 16.5. The quantitative estimate of drug-likeness (QED) is 0.284. The molecule has 0 bridgehead atoms. The molecule has 6 N–H and O–H groups in total. The molecule has 8 nitrogen and oxygen atoms in total. The van der Waals surface area contributed by atoms with E-state index in [0.29, 0.717) is 36.0 Å². The average Bonchev–Trinajstić information content (AvgIpc) is 2.72. The molecule has 3 rings (SSSR count). The molecule has 32 heavy (non-hydrogen) atoms. The van der Waals surface area contributed by atoms with Gasteiger partial charge in [-0.1, -0.05) is 6.07 Å². The smallest absolute Gasteiger partial charge is 0.279 e. The van der Waals surface area contributed by atoms with Crippen molar-refractivity contribution in [3.05, 3.63) is 42.0 Å². The minimum atomic E-state index is -0.0265. The van der Waals surface area contributed by atoms with Crippen LogP contribution in [0.5, 0.6) is 11.5 Å². The Balaban J connectivity index is 1.43. The summed E-state index contributed by atoms with van der Waals surface area (Å²) in [6, 6.07) is 10.5. The summed E-state index contributed by atoms with van der Waals surface area (Å²) in [5.74, 6) is 0.844. The number of nitrogens with two attached hydrogens (primary N) is 2. The number of phenols is 1. The minimum Gasteiger partial charge on any atom is -0.508 e. The van der Waals surface area contributed by atoms with Gasteiger partial charge in [0.1, 0.15) is 37.7 Å². The predicted octanol–water partition coefficient (Wildman–Crippen LogP) is 2.18. The van der Waals surface area contributed by atoms with E-state index in [0.717, 1.165) is 53.7 Å². The first-order chi connectivity index (χ1) is 15.1. The number of piperazine rings is 1. The fourth-order valence-corrected chi connectivity index (χ4v) is 4.13. The second-order valence-electron chi connectivity index (χ2n) is 9.56. The summed E-state index contributed by atoms with van der Waals surface area (Å²) in [5.41, 5.74) is 14.3. The van der Waals surface area contributed by atoms with Crippen molar-refractivity contribution < 1.29 is 23.6 Å². The third-order valence-electron chi connectivity index (χ3n) is 6.51. The summed E-state index contributed by atoms with van der Waals surface area (Å²) in [6.07, 6.45) is 0.932. The van der Waals surface area contributed by atoms with E-state index in [1.165, 1.54) is 0 Å². The van der Waals surface area contributed by atoms with Gasteiger partial charge in [0.05, 0.1) is 32.9 Å². The van der Waals surface area contributed by atoms with E-state index in [2.05, 4.69) is 19.4 Å². The molecule has 2 aromatic carbocycles. The lowest BCUT2D eigenvalue weighted by Crippen LogP contribution is -2.65. The topological polar surface area (TPSA) is 111 Å². The number of benzene rings is 2. The summed E-state index contributed by atoms with van der Waals surface area (Å²) in [7, 11) is 4.42. The van der Waals surface area contributed by atoms with Crippen molar-refractivity contribution in [2.45, 2.75) is 13.3 Å². The average molecular weight is 444 g/mol. The number of quaternary nitrogens is 2. The number of aromatic hydroxyl groups is 1. The SMILES string of the molecule is Cc1ccc(NC(=O)C[N+]2(C)CC[N+](C)(CCCOc3ccc(N)cc3N)CC2)cc1O. The van der Waals surface area contributed by atoms with Crippen LogP contribution in [0.3, 0.4) is 0 Å². The number of phenolic OH excluding ortho intramolecular Hbond substituents is 1. The van der Waals surface area contributed by atoms with Crippen LogP contribution >= 0.6 is 0 Å². The number of anilines is 3. The zero-order valence-corrected chi connectivity index (χ0v) is 19.4. The zero-order valence-electron chi connectivity index (χ0n) is 19.4. The van der Waals surface area contributed by atoms with Gasteiger partial charge in [0.2, 0.25) is 0 Å². The van der Waals surface area contributed by atoms with Gasteiger partial charge in [0.25, 0.3) is 5.91 Å². The van der Waals surface area contributed by atoms with Crippen LogP contribution in [0.2, 0.25) is 0 Å². The van der Waals surface area contributed by atoms with Crippen molar-refractivity contribution in [3.8, 4) is 11.5 Å². The highest BCUT2D eigenvalue weighted by molar-refractivity contribution is 5.91. The van der Waals surface area contributed by atoms with Crippen LogP contribution in [0.25, 0.3) is 0 Å². The van der Waals surface area contributed by atoms with Gasteiger partial charge < -0.3 is 35.6 Å². The highest BCUT2D eigenvalue weighted by Crippen LogP contribution is 2.24. The molecule has 1 saturated heterocycles. The van der Waals surface area contributed by atoms with Crippen molar-refractivity contribution in [2.24, 2.45) is 0 Å². The molecule has 174 valence electrons. The number of carbonyl (C=O) groups excluding carboxylic acids is 1. The number of amides is 1. The van der Waals surface area contributed by atoms with E-state index < -0.39 is 0 Å². The number of nitrogens with one attached hydrogen (secondary N) is 1. The summed E-state index contributed by atoms with van der Waals surface area (Å²) in [6.45, 7) is 7.79. The maximum Gasteiger partial charge on any atom is 0.279 e. The lowest BCUT2D eigenvalue weighted by atomic mass is 10.2. The number of hydrogen-bond acceptors (Lipinski definition) is 5. The molecule has 2 aromatic rings. The minimum absolute atomic E-state index is 0.0265. The number of aryl methyl sites for hydroxylation is 1. The van der Waals surface area contributed by atoms with E-state index in [4.69, 9.17) is 16.2 Å². The summed E-state index contributed by atoms with van der Waals surface area (Å²) >= 11 is 0. The van der Waals surface area contributed by atoms with Gasteiger partial charge in [0.15, 0.2) is 6.54 Å². The molecule has 1 fully saturated rings. The number of nitrogen functional groups attached to an aromatic ring is 2. The van der Waals surface area contributed by atoms with Gasteiger partial charge in [0, 0.05) is 23.9 Å². The van der Waals surface area contributed by atoms with Gasteiger partial charge in [-0.25, -0.2) is 0 Å². The molecule has 1 aliphatic heterocycles. The number of nitrogens with zero attached hydrogens (tertiary/aromatic N) is 2. The molecule has 0 spiro atoms. The largest absolute Gasteiger partial charge is 0.508 e. The van der Waals surface area contributed by atoms with Crippen LogP contribution in [-0.2, 0) is 4.79 Å². The summed E-state index contributed by atoms with van der Waals surface area (Å²) in [5, 5.41) is 12.8. The van der Waals surface area contributed by atoms with Gasteiger partial charge in [-0.05, 0) is 36.8 Å². The molecular formula is C24H37N5O3+2. The van der Waals surface area contributed by atoms with Crippen molar-refractivity contribution in [1.82, 2.24) is 0 Å². The molecule has 0 unspecified atom stereocenters. The van der Waals surface area contributed by atoms with E-state index in [9.17, 15) is 9.90 Å². The van der Waals surface area contributed by atoms with Gasteiger partial charge in [-0.15, -0.1) is 0 Å². The van der Waals surface area contributed by atoms with E-state index in [1.807, 2.05) is 19.1 Å². The first kappa shape index (κ1) is 23.7. The van der Waals surface area contributed by atoms with Gasteiger partial charge in [-0.3, -0.25) is 4.79 Å². The Morgan fingerprint density at radius 1 is 1.06 bits per heavy atom. The number of ether oxygens (including phenoxy) is 1. The molecule has 1 heterocycles. The molecule has 1 amide bonds. The Morgan fingerprint density at radius 2 is 1.75 bits per heavy atom. The monoisotopic (exact) mass is 443 g/mol. The third-order valence-corrected chi connectivity index (χ3v) is 6.51. The predicted molar refractivity (Wildman–Crippen MR) is 128 cm³/mol. The molecule has 8 heteroatoms. The van der Waals surface area contributed by atoms with Crippen LogP contribution in [0.15, 0.2) is 36.4 Å². The highest BCUT2D eigenvalue weighted by Gasteiger charge is 2.38. The first-order valence-electron chi connectivity index (χ1n) is 11.1. The summed E-state index contributed by atoms with van der Waals surface area (Å²) < 4.78 is 7.52. The van der Waals surface area contributed by atoms with Crippen molar-refractivity contribution in [1.29, 1.82) is 0 Å². The number of hydrogen-bond donors (Lipinski definition) is 4. The molecular weight excluding hydrogens is 406 g/mol. The van der Waals surface area contributed by atoms with Crippen molar-refractivity contribution >= 4 is 23.0 Å². The molecule has 0 aliphatic carbocycles. The Morgan fingerprint density at radius 3 is 2.41 bits per heavy atom. The second-order valence-corrected chi connectivity index (χ2v) is 9.56. The lowest BCUT2D eigenvalue weighted by Gasteiger charge is -2.46. The fraction of sp³-hybridized carbons (Fsp3) is 0.458. The fourth-order valence-electron chi connectivity index (χ4n) is 4.13. The maximum atomic E-state index is 12.6. The van der Waals surface area contributed by atoms with Crippen LogP contribution in [0.1, 0.15) is 12.0 Å². The summed E-state index contributed by atoms with van der Waals surface area (Å²) in [4.78, 5) is 12.6. The van der Waals surface area contributed by atoms with Crippen LogP contribution in [-0.4, -0.2) is 80.0 Å². The third kappa shape index (κ3) is 6.27. The van der Waals surface area contributed by atoms with E-state index >= 15 is 0 Å². The first-order valence-corrected chi connectivity index (χ1v) is 11.1. The van der Waals surface area contributed by atoms with E-state index in [-0.39, 0.29) is 11.7 Å².